The largest absolute Gasteiger partial charge is 0.462 e. The predicted molar refractivity (Wildman–Crippen MR) is 325 cm³/mol. The third kappa shape index (κ3) is 61.3. The van der Waals surface area contributed by atoms with Gasteiger partial charge < -0.3 is 14.2 Å². The molecule has 0 N–H and O–H groups in total. The van der Waals surface area contributed by atoms with E-state index in [9.17, 15) is 14.4 Å². The van der Waals surface area contributed by atoms with Gasteiger partial charge in [-0.05, 0) is 70.6 Å². The normalized spacial score (nSPS) is 12.6. The number of esters is 3. The molecule has 0 radical (unpaired) electrons. The summed E-state index contributed by atoms with van der Waals surface area (Å²) >= 11 is 0. The number of hydrogen-bond acceptors (Lipinski definition) is 6. The van der Waals surface area contributed by atoms with Crippen molar-refractivity contribution >= 4 is 17.9 Å². The van der Waals surface area contributed by atoms with Gasteiger partial charge in [-0.2, -0.15) is 0 Å². The van der Waals surface area contributed by atoms with Crippen LogP contribution >= 0.6 is 0 Å². The number of ether oxygens (including phenoxy) is 3. The van der Waals surface area contributed by atoms with Crippen LogP contribution in [-0.4, -0.2) is 37.2 Å². The Morgan fingerprint density at radius 3 is 0.920 bits per heavy atom. The lowest BCUT2D eigenvalue weighted by Gasteiger charge is -2.18. The Labute approximate surface area is 465 Å². The average molecular weight is 1050 g/mol. The second kappa shape index (κ2) is 63.1. The summed E-state index contributed by atoms with van der Waals surface area (Å²) < 4.78 is 16.8. The van der Waals surface area contributed by atoms with Crippen molar-refractivity contribution in [1.29, 1.82) is 0 Å². The molecule has 0 saturated carbocycles. The van der Waals surface area contributed by atoms with Crippen LogP contribution in [0.15, 0.2) is 85.1 Å². The summed E-state index contributed by atoms with van der Waals surface area (Å²) in [5.41, 5.74) is 0. The molecule has 0 aromatic carbocycles. The number of carbonyl (C=O) groups excluding carboxylic acids is 3. The minimum Gasteiger partial charge on any atom is -0.462 e. The molecule has 1 unspecified atom stereocenters. The maximum absolute atomic E-state index is 12.8. The van der Waals surface area contributed by atoms with Gasteiger partial charge in [0.05, 0.1) is 6.42 Å². The van der Waals surface area contributed by atoms with Crippen LogP contribution in [0.2, 0.25) is 0 Å². The van der Waals surface area contributed by atoms with Gasteiger partial charge in [0.2, 0.25) is 0 Å². The summed E-state index contributed by atoms with van der Waals surface area (Å²) in [7, 11) is 0. The van der Waals surface area contributed by atoms with E-state index in [-0.39, 0.29) is 31.6 Å². The lowest BCUT2D eigenvalue weighted by Crippen LogP contribution is -2.30. The van der Waals surface area contributed by atoms with Crippen LogP contribution < -0.4 is 0 Å². The first kappa shape index (κ1) is 71.6. The molecule has 432 valence electrons. The first-order chi connectivity index (χ1) is 37.0. The Kier molecular flexibility index (Phi) is 60.3. The topological polar surface area (TPSA) is 78.9 Å². The molecule has 0 aromatic rings. The summed E-state index contributed by atoms with van der Waals surface area (Å²) in [4.78, 5) is 38.2. The SMILES string of the molecule is CC/C=C\C/C=C\C/C=C\C/C=C\C/C=C\CC(=O)OC(COC(=O)CCCCCCC/C=C\C/C=C\CCCC)COC(=O)CCCCCCCCCCCCCCCCCCCCCCCCCCCCCC. The van der Waals surface area contributed by atoms with Crippen LogP contribution in [0.5, 0.6) is 0 Å². The van der Waals surface area contributed by atoms with Crippen molar-refractivity contribution in [1.82, 2.24) is 0 Å². The molecule has 0 aliphatic rings. The molecular formula is C69H120O6. The molecule has 0 aliphatic heterocycles. The Morgan fingerprint density at radius 2 is 0.573 bits per heavy atom. The van der Waals surface area contributed by atoms with Gasteiger partial charge in [0.1, 0.15) is 13.2 Å². The first-order valence-corrected chi connectivity index (χ1v) is 32.1. The molecule has 75 heavy (non-hydrogen) atoms. The molecule has 0 fully saturated rings. The van der Waals surface area contributed by atoms with E-state index in [0.29, 0.717) is 12.8 Å². The van der Waals surface area contributed by atoms with Gasteiger partial charge in [0.15, 0.2) is 6.10 Å². The lowest BCUT2D eigenvalue weighted by molar-refractivity contribution is -0.166. The minimum atomic E-state index is -0.836. The number of rotatable bonds is 58. The van der Waals surface area contributed by atoms with Crippen LogP contribution in [0, 0.1) is 0 Å². The van der Waals surface area contributed by atoms with E-state index in [2.05, 4.69) is 93.7 Å². The van der Waals surface area contributed by atoms with Crippen LogP contribution in [-0.2, 0) is 28.6 Å². The third-order valence-corrected chi connectivity index (χ3v) is 13.9. The Morgan fingerprint density at radius 1 is 0.293 bits per heavy atom. The van der Waals surface area contributed by atoms with Crippen molar-refractivity contribution in [2.24, 2.45) is 0 Å². The smallest absolute Gasteiger partial charge is 0.310 e. The molecule has 0 rings (SSSR count). The molecule has 0 aliphatic carbocycles. The standard InChI is InChI=1S/C69H120O6/c1-4-7-10-13-16-19-22-25-28-29-30-31-32-33-34-35-36-37-38-39-40-42-44-47-50-53-56-59-62-68(71)74-65-66(64-73-67(70)61-58-55-52-49-46-43-27-24-21-18-15-12-9-6-3)75-69(72)63-60-57-54-51-48-45-41-26-23-20-17-14-11-8-5-2/h8,11,15,17-18,20,24,26-27,41,48,51,57,60,66H,4-7,9-10,12-14,16,19,21-23,25,28-40,42-47,49-50,52-56,58-59,61-65H2,1-3H3/b11-8-,18-15-,20-17-,27-24-,41-26-,51-48-,60-57-. The number of unbranched alkanes of at least 4 members (excludes halogenated alkanes) is 34. The minimum absolute atomic E-state index is 0.0947. The average Bonchev–Trinajstić information content (AvgIpc) is 3.41. The van der Waals surface area contributed by atoms with Gasteiger partial charge in [-0.1, -0.05) is 311 Å². The quantitative estimate of drug-likeness (QED) is 0.0261. The van der Waals surface area contributed by atoms with Crippen molar-refractivity contribution < 1.29 is 28.6 Å². The van der Waals surface area contributed by atoms with Gasteiger partial charge in [0, 0.05) is 12.8 Å². The fraction of sp³-hybridized carbons (Fsp3) is 0.754. The number of carbonyl (C=O) groups is 3. The number of allylic oxidation sites excluding steroid dienone is 13. The van der Waals surface area contributed by atoms with Gasteiger partial charge in [0.25, 0.3) is 0 Å². The monoisotopic (exact) mass is 1040 g/mol. The molecule has 6 nitrogen and oxygen atoms in total. The van der Waals surface area contributed by atoms with E-state index in [1.54, 1.807) is 6.08 Å². The fourth-order valence-corrected chi connectivity index (χ4v) is 9.13. The van der Waals surface area contributed by atoms with E-state index < -0.39 is 12.1 Å². The Bertz CT molecular complexity index is 1430. The van der Waals surface area contributed by atoms with E-state index in [0.717, 1.165) is 96.3 Å². The van der Waals surface area contributed by atoms with Crippen molar-refractivity contribution in [2.75, 3.05) is 13.2 Å². The summed E-state index contributed by atoms with van der Waals surface area (Å²) in [6.45, 7) is 6.42. The molecule has 6 heteroatoms. The zero-order valence-electron chi connectivity index (χ0n) is 49.6. The van der Waals surface area contributed by atoms with E-state index in [4.69, 9.17) is 14.2 Å². The zero-order chi connectivity index (χ0) is 54.3. The van der Waals surface area contributed by atoms with Crippen LogP contribution in [0.3, 0.4) is 0 Å². The van der Waals surface area contributed by atoms with Crippen molar-refractivity contribution in [2.45, 2.75) is 322 Å². The molecule has 1 atom stereocenters. The highest BCUT2D eigenvalue weighted by Gasteiger charge is 2.19. The highest BCUT2D eigenvalue weighted by atomic mass is 16.6. The Balaban J connectivity index is 4.27. The van der Waals surface area contributed by atoms with Crippen molar-refractivity contribution in [3.05, 3.63) is 85.1 Å². The maximum Gasteiger partial charge on any atom is 0.310 e. The fourth-order valence-electron chi connectivity index (χ4n) is 9.13. The maximum atomic E-state index is 12.8. The first-order valence-electron chi connectivity index (χ1n) is 32.1. The zero-order valence-corrected chi connectivity index (χ0v) is 49.6. The summed E-state index contributed by atoms with van der Waals surface area (Å²) in [5, 5.41) is 0. The highest BCUT2D eigenvalue weighted by Crippen LogP contribution is 2.17. The second-order valence-corrected chi connectivity index (χ2v) is 21.3. The van der Waals surface area contributed by atoms with E-state index >= 15 is 0 Å². The molecule has 0 saturated heterocycles. The number of hydrogen-bond donors (Lipinski definition) is 0. The molecule has 0 bridgehead atoms. The van der Waals surface area contributed by atoms with Crippen LogP contribution in [0.4, 0.5) is 0 Å². The predicted octanol–water partition coefficient (Wildman–Crippen LogP) is 21.9. The van der Waals surface area contributed by atoms with E-state index in [1.807, 2.05) is 6.08 Å². The molecular weight excluding hydrogens is 925 g/mol. The van der Waals surface area contributed by atoms with Gasteiger partial charge in [-0.3, -0.25) is 14.4 Å². The van der Waals surface area contributed by atoms with Crippen molar-refractivity contribution in [3.63, 3.8) is 0 Å². The van der Waals surface area contributed by atoms with Crippen molar-refractivity contribution in [3.8, 4) is 0 Å². The summed E-state index contributed by atoms with van der Waals surface area (Å²) in [6.07, 6.45) is 83.5. The van der Waals surface area contributed by atoms with Crippen LogP contribution in [0.1, 0.15) is 316 Å². The summed E-state index contributed by atoms with van der Waals surface area (Å²) in [6, 6.07) is 0. The molecule has 0 amide bonds. The van der Waals surface area contributed by atoms with Gasteiger partial charge >= 0.3 is 17.9 Å². The molecule has 0 heterocycles. The van der Waals surface area contributed by atoms with Crippen LogP contribution in [0.25, 0.3) is 0 Å². The van der Waals surface area contributed by atoms with E-state index in [1.165, 1.54) is 180 Å². The third-order valence-electron chi connectivity index (χ3n) is 13.9. The highest BCUT2D eigenvalue weighted by molar-refractivity contribution is 5.72. The Hall–Kier alpha value is -3.41. The molecule has 0 aromatic heterocycles. The van der Waals surface area contributed by atoms with Gasteiger partial charge in [-0.25, -0.2) is 0 Å². The van der Waals surface area contributed by atoms with Gasteiger partial charge in [-0.15, -0.1) is 0 Å². The lowest BCUT2D eigenvalue weighted by atomic mass is 10.0. The second-order valence-electron chi connectivity index (χ2n) is 21.3. The molecule has 0 spiro atoms. The summed E-state index contributed by atoms with van der Waals surface area (Å²) in [5.74, 6) is -1.05.